The van der Waals surface area contributed by atoms with Gasteiger partial charge in [0.1, 0.15) is 6.04 Å². The molecule has 27 heavy (non-hydrogen) atoms. The van der Waals surface area contributed by atoms with Crippen molar-refractivity contribution in [2.24, 2.45) is 5.92 Å². The van der Waals surface area contributed by atoms with E-state index in [2.05, 4.69) is 43.8 Å². The van der Waals surface area contributed by atoms with Gasteiger partial charge in [-0.1, -0.05) is 5.92 Å². The number of halogens is 1. The minimum absolute atomic E-state index is 0.117. The van der Waals surface area contributed by atoms with E-state index in [1.54, 1.807) is 12.1 Å². The number of rotatable bonds is 5. The van der Waals surface area contributed by atoms with Crippen LogP contribution in [0.15, 0.2) is 24.3 Å². The van der Waals surface area contributed by atoms with E-state index in [9.17, 15) is 19.6 Å². The molecule has 1 aromatic rings. The van der Waals surface area contributed by atoms with Crippen molar-refractivity contribution in [2.75, 3.05) is 25.5 Å². The van der Waals surface area contributed by atoms with Gasteiger partial charge >= 0.3 is 0 Å². The van der Waals surface area contributed by atoms with Gasteiger partial charge < -0.3 is 15.1 Å². The molecule has 0 aromatic heterocycles. The summed E-state index contributed by atoms with van der Waals surface area (Å²) in [4.78, 5) is 38.0. The summed E-state index contributed by atoms with van der Waals surface area (Å²) in [5.41, 5.74) is 1.48. The average Bonchev–Trinajstić information content (AvgIpc) is 3.12. The van der Waals surface area contributed by atoms with Gasteiger partial charge in [0.2, 0.25) is 18.2 Å². The van der Waals surface area contributed by atoms with Gasteiger partial charge in [-0.05, 0) is 44.9 Å². The molecule has 1 aromatic carbocycles. The Morgan fingerprint density at radius 3 is 2.74 bits per heavy atom. The predicted octanol–water partition coefficient (Wildman–Crippen LogP) is 1.85. The summed E-state index contributed by atoms with van der Waals surface area (Å²) in [5, 5.41) is 15.0. The number of nitriles is 1. The number of benzene rings is 1. The van der Waals surface area contributed by atoms with Crippen LogP contribution in [0.5, 0.6) is 0 Å². The van der Waals surface area contributed by atoms with E-state index in [-0.39, 0.29) is 31.3 Å². The molecule has 2 atom stereocenters. The first-order valence-electron chi connectivity index (χ1n) is 8.02. The smallest absolute Gasteiger partial charge is 0.243 e. The van der Waals surface area contributed by atoms with Crippen LogP contribution < -0.4 is 5.32 Å². The normalized spacial score (nSPS) is 18.0. The number of hydrogen-bond donors (Lipinski definition) is 1. The summed E-state index contributed by atoms with van der Waals surface area (Å²) in [7, 11) is 2.88. The number of likely N-dealkylation sites (N-methyl/N-ethyl adjacent to an activating group) is 1. The molecule has 0 spiro atoms. The molecule has 9 heteroatoms. The molecule has 2 rings (SSSR count). The second-order valence-corrected chi connectivity index (χ2v) is 7.69. The Bertz CT molecular complexity index is 813. The number of nitrogens with zero attached hydrogens (tertiary/aromatic N) is 3. The lowest BCUT2D eigenvalue weighted by Crippen LogP contribution is -2.41. The first kappa shape index (κ1) is 21.1. The monoisotopic (exact) mass is 496 g/mol. The Balaban J connectivity index is 1.99. The largest absolute Gasteiger partial charge is 0.339 e. The van der Waals surface area contributed by atoms with E-state index in [0.717, 1.165) is 5.56 Å². The van der Waals surface area contributed by atoms with Crippen LogP contribution in [0.2, 0.25) is 0 Å². The number of likely N-dealkylation sites (tertiary alicyclic amines) is 1. The van der Waals surface area contributed by atoms with Gasteiger partial charge in [-0.15, -0.1) is 0 Å². The van der Waals surface area contributed by atoms with Crippen LogP contribution >= 0.6 is 30.1 Å². The molecule has 0 aliphatic carbocycles. The Labute approximate surface area is 174 Å². The predicted molar refractivity (Wildman–Crippen MR) is 111 cm³/mol. The molecule has 140 valence electrons. The lowest BCUT2D eigenvalue weighted by atomic mass is 10.1. The quantitative estimate of drug-likeness (QED) is 0.382. The summed E-state index contributed by atoms with van der Waals surface area (Å²) < 4.78 is 0. The van der Waals surface area contributed by atoms with Gasteiger partial charge in [0.05, 0.1) is 18.5 Å². The molecule has 3 amide bonds. The molecular formula is C18H17IN4O3S. The average molecular weight is 496 g/mol. The number of carbonyl (C=O) groups excluding carboxylic acids is 3. The van der Waals surface area contributed by atoms with E-state index < -0.39 is 12.0 Å². The molecular weight excluding hydrogens is 479 g/mol. The Kier molecular flexibility index (Phi) is 7.95. The molecule has 0 saturated carbocycles. The lowest BCUT2D eigenvalue weighted by molar-refractivity contribution is -0.135. The van der Waals surface area contributed by atoms with Crippen LogP contribution in [0.3, 0.4) is 0 Å². The lowest BCUT2D eigenvalue weighted by Gasteiger charge is -2.21. The summed E-state index contributed by atoms with van der Waals surface area (Å²) >= 11 is 2.09. The van der Waals surface area contributed by atoms with Crippen LogP contribution in [0, 0.1) is 28.4 Å². The van der Waals surface area contributed by atoms with E-state index >= 15 is 0 Å². The van der Waals surface area contributed by atoms with E-state index in [1.165, 1.54) is 25.8 Å². The second-order valence-electron chi connectivity index (χ2n) is 6.01. The first-order chi connectivity index (χ1) is 13.0. The maximum absolute atomic E-state index is 12.5. The molecule has 2 unspecified atom stereocenters. The maximum atomic E-state index is 12.5. The SMILES string of the molecule is CN(C=O)CC(=O)N1CC(C(=O)Nc2ccc(C#CSI)cc2)CC1C#N. The molecule has 1 heterocycles. The first-order valence-corrected chi connectivity index (χ1v) is 11.4. The molecule has 7 nitrogen and oxygen atoms in total. The molecule has 1 fully saturated rings. The van der Waals surface area contributed by atoms with Crippen molar-refractivity contribution < 1.29 is 14.4 Å². The van der Waals surface area contributed by atoms with E-state index in [1.807, 2.05) is 12.1 Å². The minimum atomic E-state index is -0.670. The zero-order valence-corrected chi connectivity index (χ0v) is 17.5. The fourth-order valence-corrected chi connectivity index (χ4v) is 3.21. The highest BCUT2D eigenvalue weighted by molar-refractivity contribution is 14.2. The minimum Gasteiger partial charge on any atom is -0.339 e. The van der Waals surface area contributed by atoms with Crippen molar-refractivity contribution in [3.63, 3.8) is 0 Å². The van der Waals surface area contributed by atoms with Gasteiger partial charge in [0.25, 0.3) is 0 Å². The van der Waals surface area contributed by atoms with Crippen molar-refractivity contribution in [1.82, 2.24) is 9.80 Å². The third-order valence-corrected chi connectivity index (χ3v) is 4.93. The van der Waals surface area contributed by atoms with Crippen molar-refractivity contribution in [3.8, 4) is 17.2 Å². The van der Waals surface area contributed by atoms with Crippen molar-refractivity contribution in [1.29, 1.82) is 5.26 Å². The standard InChI is InChI=1S/C18H17IN4O3S/c1-22(12-24)11-17(25)23-10-14(8-16(23)9-20)18(26)21-15-4-2-13(3-5-15)6-7-27-19/h2-5,12,14,16H,8,10-11H2,1H3,(H,21,26). The molecule has 1 N–H and O–H groups in total. The van der Waals surface area contributed by atoms with Crippen LogP contribution in [-0.4, -0.2) is 54.2 Å². The van der Waals surface area contributed by atoms with E-state index in [0.29, 0.717) is 12.1 Å². The second kappa shape index (κ2) is 10.2. The zero-order chi connectivity index (χ0) is 19.8. The highest BCUT2D eigenvalue weighted by atomic mass is 127. The molecule has 1 aliphatic rings. The van der Waals surface area contributed by atoms with Gasteiger partial charge in [0, 0.05) is 46.0 Å². The highest BCUT2D eigenvalue weighted by Crippen LogP contribution is 2.25. The molecule has 0 bridgehead atoms. The molecule has 0 radical (unpaired) electrons. The van der Waals surface area contributed by atoms with Gasteiger partial charge in [0.15, 0.2) is 0 Å². The number of amides is 3. The summed E-state index contributed by atoms with van der Waals surface area (Å²) in [5.74, 6) is 1.90. The molecule has 1 aliphatic heterocycles. The number of anilines is 1. The number of carbonyl (C=O) groups is 3. The van der Waals surface area contributed by atoms with E-state index in [4.69, 9.17) is 0 Å². The van der Waals surface area contributed by atoms with Crippen LogP contribution in [-0.2, 0) is 14.4 Å². The van der Waals surface area contributed by atoms with Crippen molar-refractivity contribution in [2.45, 2.75) is 12.5 Å². The third kappa shape index (κ3) is 5.88. The van der Waals surface area contributed by atoms with Crippen LogP contribution in [0.1, 0.15) is 12.0 Å². The Morgan fingerprint density at radius 1 is 1.44 bits per heavy atom. The Morgan fingerprint density at radius 2 is 2.15 bits per heavy atom. The van der Waals surface area contributed by atoms with Gasteiger partial charge in [-0.3, -0.25) is 14.4 Å². The fourth-order valence-electron chi connectivity index (χ4n) is 2.72. The van der Waals surface area contributed by atoms with Crippen LogP contribution in [0.25, 0.3) is 0 Å². The zero-order valence-electron chi connectivity index (χ0n) is 14.5. The third-order valence-electron chi connectivity index (χ3n) is 4.09. The van der Waals surface area contributed by atoms with Crippen LogP contribution in [0.4, 0.5) is 5.69 Å². The number of hydrogen-bond acceptors (Lipinski definition) is 5. The van der Waals surface area contributed by atoms with Crippen molar-refractivity contribution in [3.05, 3.63) is 29.8 Å². The highest BCUT2D eigenvalue weighted by Gasteiger charge is 2.38. The fraction of sp³-hybridized carbons (Fsp3) is 0.333. The topological polar surface area (TPSA) is 93.5 Å². The number of nitrogens with one attached hydrogen (secondary N) is 1. The Hall–Kier alpha value is -2.24. The van der Waals surface area contributed by atoms with Gasteiger partial charge in [-0.2, -0.15) is 5.26 Å². The van der Waals surface area contributed by atoms with Gasteiger partial charge in [-0.25, -0.2) is 0 Å². The van der Waals surface area contributed by atoms with Crippen molar-refractivity contribution >= 4 is 54.1 Å². The maximum Gasteiger partial charge on any atom is 0.243 e. The summed E-state index contributed by atoms with van der Waals surface area (Å²) in [6.45, 7) is 0.0417. The molecule has 1 saturated heterocycles. The summed E-state index contributed by atoms with van der Waals surface area (Å²) in [6.07, 6.45) is 0.821. The summed E-state index contributed by atoms with van der Waals surface area (Å²) in [6, 6.07) is 8.54.